The lowest BCUT2D eigenvalue weighted by Crippen LogP contribution is -2.60. The van der Waals surface area contributed by atoms with Crippen molar-refractivity contribution in [2.24, 2.45) is 5.92 Å². The van der Waals surface area contributed by atoms with Crippen LogP contribution in [-0.2, 0) is 19.0 Å². The molecular formula is C16H22O10. The minimum absolute atomic E-state index is 0.0390. The van der Waals surface area contributed by atoms with Gasteiger partial charge in [0.15, 0.2) is 6.29 Å². The van der Waals surface area contributed by atoms with Crippen molar-refractivity contribution in [1.82, 2.24) is 0 Å². The summed E-state index contributed by atoms with van der Waals surface area (Å²) in [6.45, 7) is -0.900. The fraction of sp³-hybridized carbons (Fsp3) is 0.688. The van der Waals surface area contributed by atoms with E-state index in [1.165, 1.54) is 0 Å². The molecule has 10 nitrogen and oxygen atoms in total. The van der Waals surface area contributed by atoms with Crippen LogP contribution in [0.5, 0.6) is 0 Å². The molecule has 0 aromatic rings. The van der Waals surface area contributed by atoms with E-state index in [1.807, 2.05) is 0 Å². The number of aliphatic carboxylic acids is 1. The molecule has 1 unspecified atom stereocenters. The Bertz CT molecular complexity index is 612. The summed E-state index contributed by atoms with van der Waals surface area (Å²) in [6.07, 6.45) is -6.43. The van der Waals surface area contributed by atoms with Gasteiger partial charge in [-0.15, -0.1) is 0 Å². The average molecular weight is 374 g/mol. The molecule has 0 radical (unpaired) electrons. The Balaban J connectivity index is 1.83. The summed E-state index contributed by atoms with van der Waals surface area (Å²) in [5.41, 5.74) is 1.07. The number of aliphatic hydroxyl groups excluding tert-OH is 5. The van der Waals surface area contributed by atoms with Gasteiger partial charge in [-0.05, 0) is 18.4 Å². The molecule has 1 aliphatic carbocycles. The van der Waals surface area contributed by atoms with Crippen molar-refractivity contribution in [3.8, 4) is 0 Å². The Labute approximate surface area is 148 Å². The number of hydrogen-bond donors (Lipinski definition) is 6. The van der Waals surface area contributed by atoms with Crippen LogP contribution >= 0.6 is 0 Å². The number of rotatable bonds is 5. The lowest BCUT2D eigenvalue weighted by Gasteiger charge is -2.41. The molecule has 146 valence electrons. The first-order chi connectivity index (χ1) is 12.4. The van der Waals surface area contributed by atoms with Crippen molar-refractivity contribution < 1.29 is 49.6 Å². The maximum absolute atomic E-state index is 11.4. The van der Waals surface area contributed by atoms with Crippen molar-refractivity contribution in [1.29, 1.82) is 0 Å². The molecule has 2 aliphatic heterocycles. The van der Waals surface area contributed by atoms with Gasteiger partial charge in [0.2, 0.25) is 6.29 Å². The molecule has 0 aromatic carbocycles. The number of carbonyl (C=O) groups is 1. The van der Waals surface area contributed by atoms with E-state index in [0.29, 0.717) is 24.0 Å². The molecule has 6 N–H and O–H groups in total. The summed E-state index contributed by atoms with van der Waals surface area (Å²) in [5, 5.41) is 57.8. The molecule has 0 aromatic heterocycles. The van der Waals surface area contributed by atoms with Crippen molar-refractivity contribution in [3.05, 3.63) is 23.0 Å². The van der Waals surface area contributed by atoms with E-state index < -0.39 is 55.5 Å². The van der Waals surface area contributed by atoms with Crippen molar-refractivity contribution >= 4 is 5.97 Å². The largest absolute Gasteiger partial charge is 0.478 e. The maximum atomic E-state index is 11.4. The van der Waals surface area contributed by atoms with Crippen LogP contribution in [0.2, 0.25) is 0 Å². The molecule has 0 saturated carbocycles. The van der Waals surface area contributed by atoms with Gasteiger partial charge in [-0.25, -0.2) is 4.79 Å². The van der Waals surface area contributed by atoms with E-state index in [2.05, 4.69) is 0 Å². The molecule has 26 heavy (non-hydrogen) atoms. The summed E-state index contributed by atoms with van der Waals surface area (Å²) < 4.78 is 16.2. The Morgan fingerprint density at radius 3 is 2.54 bits per heavy atom. The first-order valence-corrected chi connectivity index (χ1v) is 8.26. The lowest BCUT2D eigenvalue weighted by molar-refractivity contribution is -0.327. The van der Waals surface area contributed by atoms with Crippen LogP contribution in [0, 0.1) is 5.92 Å². The van der Waals surface area contributed by atoms with E-state index >= 15 is 0 Å². The first-order valence-electron chi connectivity index (χ1n) is 8.26. The van der Waals surface area contributed by atoms with Gasteiger partial charge >= 0.3 is 5.97 Å². The normalized spacial score (nSPS) is 40.0. The summed E-state index contributed by atoms with van der Waals surface area (Å²) in [4.78, 5) is 11.4. The number of ether oxygens (including phenoxy) is 3. The minimum atomic E-state index is -1.61. The van der Waals surface area contributed by atoms with Gasteiger partial charge in [-0.1, -0.05) is 0 Å². The molecule has 7 atom stereocenters. The molecule has 1 saturated heterocycles. The highest BCUT2D eigenvalue weighted by atomic mass is 16.8. The minimum Gasteiger partial charge on any atom is -0.478 e. The third-order valence-electron chi connectivity index (χ3n) is 5.01. The second-order valence-electron chi connectivity index (χ2n) is 6.49. The van der Waals surface area contributed by atoms with Gasteiger partial charge in [-0.2, -0.15) is 0 Å². The van der Waals surface area contributed by atoms with Crippen molar-refractivity contribution in [2.75, 3.05) is 13.2 Å². The van der Waals surface area contributed by atoms with Crippen LogP contribution in [0.25, 0.3) is 0 Å². The van der Waals surface area contributed by atoms with Crippen molar-refractivity contribution in [3.63, 3.8) is 0 Å². The molecule has 0 bridgehead atoms. The van der Waals surface area contributed by atoms with Crippen LogP contribution in [0.4, 0.5) is 0 Å². The van der Waals surface area contributed by atoms with E-state index in [4.69, 9.17) is 14.2 Å². The molecule has 10 heteroatoms. The number of carboxylic acids is 1. The standard InChI is InChI=1S/C16H22O10/c17-3-6-1-2-7-8(14(22)23)5-24-15(10(6)7)26-16-13(21)12(20)11(19)9(4-18)25-16/h5,7,9,11-13,15-21H,1-4H2,(H,22,23)/t7?,9-,11-,12+,13-,15+,16+/m1/s1. The third-order valence-corrected chi connectivity index (χ3v) is 5.01. The predicted molar refractivity (Wildman–Crippen MR) is 82.3 cm³/mol. The lowest BCUT2D eigenvalue weighted by atomic mass is 9.90. The van der Waals surface area contributed by atoms with Crippen LogP contribution in [0.1, 0.15) is 12.8 Å². The summed E-state index contributed by atoms with van der Waals surface area (Å²) in [7, 11) is 0. The summed E-state index contributed by atoms with van der Waals surface area (Å²) in [6, 6.07) is 0. The van der Waals surface area contributed by atoms with E-state index in [-0.39, 0.29) is 12.2 Å². The number of hydrogen-bond acceptors (Lipinski definition) is 9. The predicted octanol–water partition coefficient (Wildman–Crippen LogP) is -2.17. The second kappa shape index (κ2) is 7.61. The van der Waals surface area contributed by atoms with Gasteiger partial charge in [0.1, 0.15) is 24.4 Å². The van der Waals surface area contributed by atoms with E-state index in [1.54, 1.807) is 0 Å². The zero-order chi connectivity index (χ0) is 19.0. The molecule has 0 spiro atoms. The zero-order valence-electron chi connectivity index (χ0n) is 13.8. The maximum Gasteiger partial charge on any atom is 0.335 e. The number of fused-ring (bicyclic) bond motifs is 1. The molecule has 2 heterocycles. The molecular weight excluding hydrogens is 352 g/mol. The van der Waals surface area contributed by atoms with Crippen LogP contribution < -0.4 is 0 Å². The molecule has 3 rings (SSSR count). The Morgan fingerprint density at radius 2 is 1.92 bits per heavy atom. The van der Waals surface area contributed by atoms with Gasteiger partial charge < -0.3 is 44.8 Å². The van der Waals surface area contributed by atoms with Crippen LogP contribution in [0.15, 0.2) is 23.0 Å². The number of carboxylic acid groups (broad SMARTS) is 1. The Kier molecular flexibility index (Phi) is 5.63. The van der Waals surface area contributed by atoms with Gasteiger partial charge in [0, 0.05) is 11.5 Å². The third kappa shape index (κ3) is 3.25. The first kappa shape index (κ1) is 19.2. The molecule has 0 amide bonds. The number of aliphatic hydroxyl groups is 5. The SMILES string of the molecule is O=C(O)C1=CO[C@@H](O[C@@H]2O[C@H](CO)[C@@H](O)[C@H](O)[C@H]2O)C2=C(CO)CCC12. The monoisotopic (exact) mass is 374 g/mol. The smallest absolute Gasteiger partial charge is 0.335 e. The zero-order valence-corrected chi connectivity index (χ0v) is 13.8. The fourth-order valence-corrected chi connectivity index (χ4v) is 3.59. The quantitative estimate of drug-likeness (QED) is 0.291. The van der Waals surface area contributed by atoms with Crippen LogP contribution in [0.3, 0.4) is 0 Å². The van der Waals surface area contributed by atoms with Crippen molar-refractivity contribution in [2.45, 2.75) is 49.8 Å². The van der Waals surface area contributed by atoms with Gasteiger partial charge in [0.25, 0.3) is 0 Å². The Morgan fingerprint density at radius 1 is 1.19 bits per heavy atom. The van der Waals surface area contributed by atoms with Gasteiger partial charge in [0.05, 0.1) is 25.0 Å². The van der Waals surface area contributed by atoms with E-state index in [0.717, 1.165) is 6.26 Å². The Hall–Kier alpha value is -1.53. The molecule has 1 fully saturated rings. The van der Waals surface area contributed by atoms with Gasteiger partial charge in [-0.3, -0.25) is 0 Å². The second-order valence-corrected chi connectivity index (χ2v) is 6.49. The summed E-state index contributed by atoms with van der Waals surface area (Å²) in [5.74, 6) is -1.64. The van der Waals surface area contributed by atoms with E-state index in [9.17, 15) is 35.4 Å². The topological polar surface area (TPSA) is 166 Å². The highest BCUT2D eigenvalue weighted by Crippen LogP contribution is 2.43. The fourth-order valence-electron chi connectivity index (χ4n) is 3.59. The molecule has 3 aliphatic rings. The highest BCUT2D eigenvalue weighted by Gasteiger charge is 2.47. The highest BCUT2D eigenvalue weighted by molar-refractivity contribution is 5.88. The summed E-state index contributed by atoms with van der Waals surface area (Å²) >= 11 is 0. The van der Waals surface area contributed by atoms with Crippen LogP contribution in [-0.4, -0.2) is 86.8 Å². The average Bonchev–Trinajstić information content (AvgIpc) is 3.06.